The average molecular weight is 531 g/mol. The maximum Gasteiger partial charge on any atom is 0.326 e. The van der Waals surface area contributed by atoms with Crippen LogP contribution in [-0.2, 0) is 25.6 Å². The Balaban J connectivity index is 1.97. The van der Waals surface area contributed by atoms with Gasteiger partial charge in [0.05, 0.1) is 6.04 Å². The van der Waals surface area contributed by atoms with E-state index in [-0.39, 0.29) is 18.3 Å². The van der Waals surface area contributed by atoms with Crippen LogP contribution in [0.1, 0.15) is 39.2 Å². The fraction of sp³-hybridized carbons (Fsp3) is 0.480. The van der Waals surface area contributed by atoms with Gasteiger partial charge in [0, 0.05) is 30.1 Å². The minimum absolute atomic E-state index is 0.0512. The van der Waals surface area contributed by atoms with Crippen LogP contribution < -0.4 is 33.2 Å². The largest absolute Gasteiger partial charge is 0.480 e. The Morgan fingerprint density at radius 3 is 2.32 bits per heavy atom. The number of carboxylic acid groups (broad SMARTS) is 1. The smallest absolute Gasteiger partial charge is 0.326 e. The summed E-state index contributed by atoms with van der Waals surface area (Å²) in [5.41, 5.74) is 18.0. The summed E-state index contributed by atoms with van der Waals surface area (Å²) in [6.45, 7) is 5.22. The van der Waals surface area contributed by atoms with Crippen LogP contribution in [0.5, 0.6) is 0 Å². The molecule has 208 valence electrons. The second-order valence-corrected chi connectivity index (χ2v) is 9.48. The van der Waals surface area contributed by atoms with E-state index in [1.54, 1.807) is 20.0 Å². The molecule has 1 aromatic carbocycles. The van der Waals surface area contributed by atoms with Crippen molar-refractivity contribution in [1.29, 1.82) is 0 Å². The summed E-state index contributed by atoms with van der Waals surface area (Å²) in [4.78, 5) is 57.0. The van der Waals surface area contributed by atoms with Crippen LogP contribution in [0.25, 0.3) is 10.9 Å². The van der Waals surface area contributed by atoms with Gasteiger partial charge < -0.3 is 43.2 Å². The van der Waals surface area contributed by atoms with E-state index >= 15 is 0 Å². The molecule has 0 aliphatic rings. The summed E-state index contributed by atoms with van der Waals surface area (Å²) in [5.74, 6) is -3.40. The Hall–Kier alpha value is -4.13. The van der Waals surface area contributed by atoms with Crippen molar-refractivity contribution in [1.82, 2.24) is 20.9 Å². The molecule has 13 nitrogen and oxygen atoms in total. The number of fused-ring (bicyclic) bond motifs is 1. The third-order valence-electron chi connectivity index (χ3n) is 6.02. The molecule has 3 amide bonds. The molecule has 13 heteroatoms. The monoisotopic (exact) mass is 530 g/mol. The number of carbonyl (C=O) groups excluding carboxylic acids is 3. The number of aliphatic carboxylic acids is 1. The van der Waals surface area contributed by atoms with E-state index in [0.29, 0.717) is 19.4 Å². The maximum atomic E-state index is 13.0. The van der Waals surface area contributed by atoms with E-state index < -0.39 is 47.9 Å². The summed E-state index contributed by atoms with van der Waals surface area (Å²) in [6, 6.07) is 3.35. The van der Waals surface area contributed by atoms with Crippen molar-refractivity contribution in [2.24, 2.45) is 28.1 Å². The summed E-state index contributed by atoms with van der Waals surface area (Å²) in [6.07, 6.45) is 2.55. The molecule has 0 fully saturated rings. The van der Waals surface area contributed by atoms with Gasteiger partial charge in [0.25, 0.3) is 0 Å². The number of amides is 3. The number of aromatic nitrogens is 1. The fourth-order valence-corrected chi connectivity index (χ4v) is 3.83. The van der Waals surface area contributed by atoms with Crippen molar-refractivity contribution in [3.05, 3.63) is 36.0 Å². The summed E-state index contributed by atoms with van der Waals surface area (Å²) in [7, 11) is 0. The summed E-state index contributed by atoms with van der Waals surface area (Å²) < 4.78 is 0. The highest BCUT2D eigenvalue weighted by Gasteiger charge is 2.31. The number of nitrogens with zero attached hydrogens (tertiary/aromatic N) is 1. The van der Waals surface area contributed by atoms with Gasteiger partial charge in [-0.25, -0.2) is 4.79 Å². The van der Waals surface area contributed by atoms with Gasteiger partial charge >= 0.3 is 5.97 Å². The van der Waals surface area contributed by atoms with E-state index in [2.05, 4.69) is 25.9 Å². The van der Waals surface area contributed by atoms with Crippen molar-refractivity contribution < 1.29 is 24.3 Å². The first-order valence-corrected chi connectivity index (χ1v) is 12.4. The van der Waals surface area contributed by atoms with Gasteiger partial charge in [-0.2, -0.15) is 0 Å². The van der Waals surface area contributed by atoms with Crippen molar-refractivity contribution in [2.75, 3.05) is 6.54 Å². The van der Waals surface area contributed by atoms with E-state index in [9.17, 15) is 24.3 Å². The first-order valence-electron chi connectivity index (χ1n) is 12.4. The zero-order valence-corrected chi connectivity index (χ0v) is 21.9. The lowest BCUT2D eigenvalue weighted by molar-refractivity contribution is -0.142. The third kappa shape index (κ3) is 8.76. The van der Waals surface area contributed by atoms with E-state index in [1.165, 1.54) is 6.92 Å². The predicted octanol–water partition coefficient (Wildman–Crippen LogP) is -0.694. The van der Waals surface area contributed by atoms with Gasteiger partial charge in [0.2, 0.25) is 17.7 Å². The zero-order chi connectivity index (χ0) is 28.4. The highest BCUT2D eigenvalue weighted by molar-refractivity contribution is 5.94. The van der Waals surface area contributed by atoms with Crippen molar-refractivity contribution in [3.63, 3.8) is 0 Å². The molecule has 2 aromatic rings. The number of hydrogen-bond donors (Lipinski definition) is 8. The van der Waals surface area contributed by atoms with E-state index in [0.717, 1.165) is 16.5 Å². The van der Waals surface area contributed by atoms with Crippen LogP contribution in [0.3, 0.4) is 0 Å². The summed E-state index contributed by atoms with van der Waals surface area (Å²) >= 11 is 0. The topological polar surface area (TPSA) is 231 Å². The number of aromatic amines is 1. The predicted molar refractivity (Wildman–Crippen MR) is 144 cm³/mol. The number of rotatable bonds is 14. The van der Waals surface area contributed by atoms with Gasteiger partial charge in [0.15, 0.2) is 5.96 Å². The number of benzene rings is 1. The van der Waals surface area contributed by atoms with Crippen molar-refractivity contribution in [2.45, 2.75) is 64.2 Å². The normalized spacial score (nSPS) is 14.2. The number of H-pyrrole nitrogens is 1. The lowest BCUT2D eigenvalue weighted by Crippen LogP contribution is -2.58. The van der Waals surface area contributed by atoms with Crippen LogP contribution in [0.4, 0.5) is 0 Å². The molecule has 0 saturated carbocycles. The van der Waals surface area contributed by atoms with Gasteiger partial charge in [-0.1, -0.05) is 32.0 Å². The highest BCUT2D eigenvalue weighted by atomic mass is 16.4. The second kappa shape index (κ2) is 14.0. The molecule has 0 saturated heterocycles. The van der Waals surface area contributed by atoms with Crippen molar-refractivity contribution >= 4 is 40.6 Å². The number of guanidine groups is 1. The van der Waals surface area contributed by atoms with Crippen molar-refractivity contribution in [3.8, 4) is 0 Å². The lowest BCUT2D eigenvalue weighted by atomic mass is 10.0. The first-order chi connectivity index (χ1) is 17.9. The van der Waals surface area contributed by atoms with E-state index in [1.807, 2.05) is 24.3 Å². The molecule has 0 bridgehead atoms. The van der Waals surface area contributed by atoms with Crippen LogP contribution in [0.15, 0.2) is 35.5 Å². The maximum absolute atomic E-state index is 13.0. The van der Waals surface area contributed by atoms with Gasteiger partial charge in [0.1, 0.15) is 18.1 Å². The van der Waals surface area contributed by atoms with Gasteiger partial charge in [-0.15, -0.1) is 0 Å². The zero-order valence-electron chi connectivity index (χ0n) is 21.9. The molecule has 4 atom stereocenters. The Bertz CT molecular complexity index is 1160. The molecule has 4 unspecified atom stereocenters. The highest BCUT2D eigenvalue weighted by Crippen LogP contribution is 2.19. The molecule has 0 spiro atoms. The number of nitrogens with one attached hydrogen (secondary N) is 4. The molecule has 1 aromatic heterocycles. The third-order valence-corrected chi connectivity index (χ3v) is 6.02. The molecule has 1 heterocycles. The van der Waals surface area contributed by atoms with E-state index in [4.69, 9.17) is 17.2 Å². The van der Waals surface area contributed by atoms with Crippen LogP contribution in [0.2, 0.25) is 0 Å². The number of carbonyl (C=O) groups is 4. The standard InChI is InChI=1S/C25H38N8O5/c1-13(2)20(33-21(34)14(3)31-22(35)17(26)8-6-10-29-25(27)28)23(36)32-19(24(37)38)11-15-12-30-18-9-5-4-7-16(15)18/h4-5,7,9,12-14,17,19-20,30H,6,8,10-11,26H2,1-3H3,(H,31,35)(H,32,36)(H,33,34)(H,37,38)(H4,27,28,29). The molecule has 0 radical (unpaired) electrons. The Morgan fingerprint density at radius 1 is 1.00 bits per heavy atom. The molecular formula is C25H38N8O5. The number of hydrogen-bond acceptors (Lipinski definition) is 6. The number of para-hydroxylation sites is 1. The molecule has 11 N–H and O–H groups in total. The molecule has 38 heavy (non-hydrogen) atoms. The lowest BCUT2D eigenvalue weighted by Gasteiger charge is -2.26. The Morgan fingerprint density at radius 2 is 1.68 bits per heavy atom. The first kappa shape index (κ1) is 30.1. The van der Waals surface area contributed by atoms with Crippen LogP contribution >= 0.6 is 0 Å². The van der Waals surface area contributed by atoms with Crippen LogP contribution in [0, 0.1) is 5.92 Å². The van der Waals surface area contributed by atoms with Gasteiger partial charge in [-0.3, -0.25) is 19.4 Å². The SMILES string of the molecule is CC(NC(=O)C(N)CCCN=C(N)N)C(=O)NC(C(=O)NC(Cc1c[nH]c2ccccc12)C(=O)O)C(C)C. The molecule has 0 aliphatic carbocycles. The number of carboxylic acids is 1. The molecule has 0 aliphatic heterocycles. The Labute approximate surface area is 221 Å². The molecular weight excluding hydrogens is 492 g/mol. The second-order valence-electron chi connectivity index (χ2n) is 9.48. The quantitative estimate of drug-likeness (QED) is 0.0882. The fourth-order valence-electron chi connectivity index (χ4n) is 3.83. The minimum atomic E-state index is -1.21. The van der Waals surface area contributed by atoms with Gasteiger partial charge in [-0.05, 0) is 37.3 Å². The Kier molecular flexibility index (Phi) is 11.1. The van der Waals surface area contributed by atoms with Crippen LogP contribution in [-0.4, -0.2) is 70.5 Å². The number of nitrogens with two attached hydrogens (primary N) is 3. The minimum Gasteiger partial charge on any atom is -0.480 e. The molecule has 2 rings (SSSR count). The summed E-state index contributed by atoms with van der Waals surface area (Å²) in [5, 5.41) is 18.3. The number of aliphatic imine (C=N–C) groups is 1. The average Bonchev–Trinajstić information content (AvgIpc) is 3.26.